The van der Waals surface area contributed by atoms with E-state index in [1.807, 2.05) is 6.92 Å². The Balaban J connectivity index is 2.31. The first kappa shape index (κ1) is 15.2. The predicted octanol–water partition coefficient (Wildman–Crippen LogP) is 6.22. The van der Waals surface area contributed by atoms with E-state index in [4.69, 9.17) is 33.4 Å². The second-order valence-electron chi connectivity index (χ2n) is 4.49. The van der Waals surface area contributed by atoms with Crippen LogP contribution in [-0.2, 0) is 0 Å². The quantitative estimate of drug-likeness (QED) is 0.448. The van der Waals surface area contributed by atoms with Crippen molar-refractivity contribution in [3.05, 3.63) is 42.8 Å². The maximum Gasteiger partial charge on any atom is 0.228 e. The Hall–Kier alpha value is -0.750. The lowest BCUT2D eigenvalue weighted by Gasteiger charge is -2.05. The van der Waals surface area contributed by atoms with Crippen molar-refractivity contribution < 1.29 is 4.42 Å². The van der Waals surface area contributed by atoms with Gasteiger partial charge in [0.2, 0.25) is 5.89 Å². The molecule has 3 rings (SSSR count). The van der Waals surface area contributed by atoms with Crippen molar-refractivity contribution in [2.45, 2.75) is 6.92 Å². The Morgan fingerprint density at radius 1 is 1.19 bits per heavy atom. The molecule has 0 amide bonds. The summed E-state index contributed by atoms with van der Waals surface area (Å²) in [5, 5.41) is 1.04. The smallest absolute Gasteiger partial charge is 0.228 e. The lowest BCUT2D eigenvalue weighted by molar-refractivity contribution is 0.617. The molecule has 0 aliphatic carbocycles. The van der Waals surface area contributed by atoms with Gasteiger partial charge < -0.3 is 10.2 Å². The van der Waals surface area contributed by atoms with Crippen molar-refractivity contribution in [2.75, 3.05) is 5.73 Å². The third-order valence-electron chi connectivity index (χ3n) is 3.14. The molecule has 0 saturated heterocycles. The molecule has 0 aliphatic heterocycles. The molecule has 0 fully saturated rings. The lowest BCUT2D eigenvalue weighted by Crippen LogP contribution is -1.92. The van der Waals surface area contributed by atoms with Gasteiger partial charge in [0.1, 0.15) is 5.52 Å². The molecule has 1 heterocycles. The van der Waals surface area contributed by atoms with Gasteiger partial charge in [0, 0.05) is 15.1 Å². The molecular weight excluding hydrogens is 443 g/mol. The van der Waals surface area contributed by atoms with Crippen LogP contribution in [0.5, 0.6) is 0 Å². The molecule has 0 saturated carbocycles. The van der Waals surface area contributed by atoms with Crippen LogP contribution in [0.1, 0.15) is 5.56 Å². The summed E-state index contributed by atoms with van der Waals surface area (Å²) in [5.74, 6) is 0.424. The zero-order chi connectivity index (χ0) is 15.3. The number of fused-ring (bicyclic) bond motifs is 1. The fourth-order valence-electron chi connectivity index (χ4n) is 2.03. The number of rotatable bonds is 1. The second-order valence-corrected chi connectivity index (χ2v) is 6.92. The number of halogens is 4. The van der Waals surface area contributed by atoms with Crippen molar-refractivity contribution in [1.82, 2.24) is 4.98 Å². The fourth-order valence-corrected chi connectivity index (χ4v) is 3.63. The van der Waals surface area contributed by atoms with Crippen LogP contribution in [0.25, 0.3) is 22.6 Å². The van der Waals surface area contributed by atoms with Gasteiger partial charge in [-0.25, -0.2) is 4.98 Å². The minimum Gasteiger partial charge on any atom is -0.436 e. The molecule has 0 bridgehead atoms. The first-order valence-electron chi connectivity index (χ1n) is 5.89. The topological polar surface area (TPSA) is 52.0 Å². The Bertz CT molecular complexity index is 832. The van der Waals surface area contributed by atoms with Gasteiger partial charge in [0.15, 0.2) is 5.58 Å². The van der Waals surface area contributed by atoms with Crippen molar-refractivity contribution in [3.8, 4) is 11.5 Å². The number of nitrogens with two attached hydrogens (primary N) is 1. The highest BCUT2D eigenvalue weighted by Gasteiger charge is 2.19. The molecule has 3 aromatic rings. The van der Waals surface area contributed by atoms with Crippen LogP contribution in [0.3, 0.4) is 0 Å². The number of hydrogen-bond donors (Lipinski definition) is 1. The van der Waals surface area contributed by atoms with E-state index in [9.17, 15) is 0 Å². The average Bonchev–Trinajstić information content (AvgIpc) is 2.88. The van der Waals surface area contributed by atoms with Gasteiger partial charge in [-0.15, -0.1) is 0 Å². The minimum atomic E-state index is 0.424. The Kier molecular flexibility index (Phi) is 3.94. The van der Waals surface area contributed by atoms with Gasteiger partial charge >= 0.3 is 0 Å². The highest BCUT2D eigenvalue weighted by atomic mass is 79.9. The molecule has 2 N–H and O–H groups in total. The standard InChI is InChI=1S/C14H8Br2Cl2N2O/c1-5-9(15)11(19)10(16)12-13(5)21-14(20-12)7-3-2-6(17)4-8(7)18/h2-4H,19H2,1H3. The Morgan fingerprint density at radius 3 is 2.57 bits per heavy atom. The first-order valence-corrected chi connectivity index (χ1v) is 8.23. The summed E-state index contributed by atoms with van der Waals surface area (Å²) in [5.41, 5.74) is 9.49. The SMILES string of the molecule is Cc1c(Br)c(N)c(Br)c2nc(-c3ccc(Cl)cc3Cl)oc12. The van der Waals surface area contributed by atoms with Gasteiger partial charge in [-0.2, -0.15) is 0 Å². The van der Waals surface area contributed by atoms with E-state index >= 15 is 0 Å². The van der Waals surface area contributed by atoms with Crippen LogP contribution in [0.4, 0.5) is 5.69 Å². The summed E-state index contributed by atoms with van der Waals surface area (Å²) in [6.07, 6.45) is 0. The normalized spacial score (nSPS) is 11.3. The average molecular weight is 451 g/mol. The molecule has 0 unspecified atom stereocenters. The van der Waals surface area contributed by atoms with E-state index in [1.165, 1.54) is 0 Å². The van der Waals surface area contributed by atoms with Gasteiger partial charge in [0.05, 0.1) is 20.7 Å². The molecule has 1 aromatic heterocycles. The van der Waals surface area contributed by atoms with Crippen LogP contribution in [0, 0.1) is 6.92 Å². The van der Waals surface area contributed by atoms with Gasteiger partial charge in [-0.3, -0.25) is 0 Å². The Morgan fingerprint density at radius 2 is 1.90 bits per heavy atom. The van der Waals surface area contributed by atoms with E-state index in [0.717, 1.165) is 10.0 Å². The number of anilines is 1. The summed E-state index contributed by atoms with van der Waals surface area (Å²) >= 11 is 19.0. The van der Waals surface area contributed by atoms with Gasteiger partial charge in [0.25, 0.3) is 0 Å². The molecular formula is C14H8Br2Cl2N2O. The summed E-state index contributed by atoms with van der Waals surface area (Å²) in [7, 11) is 0. The molecule has 21 heavy (non-hydrogen) atoms. The largest absolute Gasteiger partial charge is 0.436 e. The third kappa shape index (κ3) is 2.46. The van der Waals surface area contributed by atoms with Gasteiger partial charge in [-0.05, 0) is 57.0 Å². The highest BCUT2D eigenvalue weighted by Crippen LogP contribution is 2.41. The summed E-state index contributed by atoms with van der Waals surface area (Å²) in [4.78, 5) is 4.49. The first-order chi connectivity index (χ1) is 9.90. The zero-order valence-corrected chi connectivity index (χ0v) is 15.4. The number of benzene rings is 2. The molecule has 0 atom stereocenters. The third-order valence-corrected chi connectivity index (χ3v) is 5.51. The molecule has 3 nitrogen and oxygen atoms in total. The fraction of sp³-hybridized carbons (Fsp3) is 0.0714. The van der Waals surface area contributed by atoms with E-state index in [0.29, 0.717) is 42.8 Å². The zero-order valence-electron chi connectivity index (χ0n) is 10.7. The van der Waals surface area contributed by atoms with Crippen molar-refractivity contribution in [3.63, 3.8) is 0 Å². The van der Waals surface area contributed by atoms with Crippen LogP contribution >= 0.6 is 55.1 Å². The highest BCUT2D eigenvalue weighted by molar-refractivity contribution is 9.11. The number of hydrogen-bond acceptors (Lipinski definition) is 3. The van der Waals surface area contributed by atoms with Gasteiger partial charge in [-0.1, -0.05) is 23.2 Å². The summed E-state index contributed by atoms with van der Waals surface area (Å²) in [6, 6.07) is 5.17. The number of aromatic nitrogens is 1. The van der Waals surface area contributed by atoms with E-state index < -0.39 is 0 Å². The van der Waals surface area contributed by atoms with Crippen molar-refractivity contribution in [1.29, 1.82) is 0 Å². The summed E-state index contributed by atoms with van der Waals surface area (Å²) in [6.45, 7) is 1.91. The maximum atomic E-state index is 6.20. The molecule has 108 valence electrons. The number of oxazole rings is 1. The number of nitrogen functional groups attached to an aromatic ring is 1. The number of nitrogens with zero attached hydrogens (tertiary/aromatic N) is 1. The lowest BCUT2D eigenvalue weighted by atomic mass is 10.2. The van der Waals surface area contributed by atoms with Crippen LogP contribution in [0.2, 0.25) is 10.0 Å². The minimum absolute atomic E-state index is 0.424. The van der Waals surface area contributed by atoms with Crippen LogP contribution in [-0.4, -0.2) is 4.98 Å². The summed E-state index contributed by atoms with van der Waals surface area (Å²) < 4.78 is 7.34. The molecule has 0 radical (unpaired) electrons. The van der Waals surface area contributed by atoms with Crippen LogP contribution in [0.15, 0.2) is 31.6 Å². The molecule has 7 heteroatoms. The monoisotopic (exact) mass is 448 g/mol. The second kappa shape index (κ2) is 5.47. The predicted molar refractivity (Wildman–Crippen MR) is 94.0 cm³/mol. The van der Waals surface area contributed by atoms with E-state index in [2.05, 4.69) is 36.8 Å². The van der Waals surface area contributed by atoms with Crippen LogP contribution < -0.4 is 5.73 Å². The number of aryl methyl sites for hydroxylation is 1. The van der Waals surface area contributed by atoms with Crippen molar-refractivity contribution in [2.24, 2.45) is 0 Å². The molecule has 0 spiro atoms. The Labute approximate surface area is 147 Å². The molecule has 2 aromatic carbocycles. The van der Waals surface area contributed by atoms with E-state index in [1.54, 1.807) is 18.2 Å². The maximum absolute atomic E-state index is 6.20. The van der Waals surface area contributed by atoms with E-state index in [-0.39, 0.29) is 0 Å². The van der Waals surface area contributed by atoms with Crippen molar-refractivity contribution >= 4 is 71.8 Å². The molecule has 0 aliphatic rings.